The van der Waals surface area contributed by atoms with Crippen LogP contribution in [0, 0.1) is 6.92 Å². The summed E-state index contributed by atoms with van der Waals surface area (Å²) in [4.78, 5) is 10.7. The van der Waals surface area contributed by atoms with Gasteiger partial charge in [-0.2, -0.15) is 5.10 Å². The Kier molecular flexibility index (Phi) is 2.47. The SMILES string of the molecule is CCn1nc(C)cc1NC(C)=O. The number of hydrogen-bond donors (Lipinski definition) is 1. The lowest BCUT2D eigenvalue weighted by molar-refractivity contribution is -0.114. The first-order valence-corrected chi connectivity index (χ1v) is 3.95. The van der Waals surface area contributed by atoms with Gasteiger partial charge in [-0.1, -0.05) is 0 Å². The number of rotatable bonds is 2. The molecule has 0 saturated heterocycles. The molecule has 1 aromatic rings. The number of aromatic nitrogens is 2. The van der Waals surface area contributed by atoms with E-state index in [0.29, 0.717) is 0 Å². The number of amides is 1. The molecule has 0 saturated carbocycles. The van der Waals surface area contributed by atoms with Crippen LogP contribution < -0.4 is 5.32 Å². The number of carbonyl (C=O) groups is 1. The van der Waals surface area contributed by atoms with Gasteiger partial charge in [0.05, 0.1) is 5.69 Å². The highest BCUT2D eigenvalue weighted by Crippen LogP contribution is 2.09. The molecule has 0 aliphatic carbocycles. The summed E-state index contributed by atoms with van der Waals surface area (Å²) >= 11 is 0. The molecule has 1 N–H and O–H groups in total. The van der Waals surface area contributed by atoms with E-state index in [-0.39, 0.29) is 5.91 Å². The lowest BCUT2D eigenvalue weighted by Gasteiger charge is -2.02. The van der Waals surface area contributed by atoms with Gasteiger partial charge < -0.3 is 5.32 Å². The van der Waals surface area contributed by atoms with Crippen molar-refractivity contribution >= 4 is 11.7 Å². The molecule has 1 rings (SSSR count). The summed E-state index contributed by atoms with van der Waals surface area (Å²) in [6, 6.07) is 1.85. The zero-order valence-corrected chi connectivity index (χ0v) is 7.59. The van der Waals surface area contributed by atoms with Gasteiger partial charge in [0.25, 0.3) is 0 Å². The zero-order valence-electron chi connectivity index (χ0n) is 7.59. The summed E-state index contributed by atoms with van der Waals surface area (Å²) in [5.41, 5.74) is 0.917. The van der Waals surface area contributed by atoms with Gasteiger partial charge in [-0.15, -0.1) is 0 Å². The fraction of sp³-hybridized carbons (Fsp3) is 0.500. The zero-order chi connectivity index (χ0) is 9.14. The lowest BCUT2D eigenvalue weighted by Crippen LogP contribution is -2.11. The Bertz CT molecular complexity index is 290. The molecule has 0 spiro atoms. The Balaban J connectivity index is 2.89. The van der Waals surface area contributed by atoms with Crippen LogP contribution in [0.1, 0.15) is 19.5 Å². The maximum atomic E-state index is 10.7. The van der Waals surface area contributed by atoms with E-state index in [4.69, 9.17) is 0 Å². The third-order valence-corrected chi connectivity index (χ3v) is 1.51. The normalized spacial score (nSPS) is 9.92. The monoisotopic (exact) mass is 167 g/mol. The van der Waals surface area contributed by atoms with Crippen LogP contribution in [0.3, 0.4) is 0 Å². The maximum Gasteiger partial charge on any atom is 0.222 e. The lowest BCUT2D eigenvalue weighted by atomic mass is 10.4. The minimum absolute atomic E-state index is 0.0652. The average Bonchev–Trinajstić information content (AvgIpc) is 2.29. The van der Waals surface area contributed by atoms with Crippen molar-refractivity contribution in [2.24, 2.45) is 0 Å². The van der Waals surface area contributed by atoms with Gasteiger partial charge in [0.1, 0.15) is 5.82 Å². The Morgan fingerprint density at radius 3 is 2.92 bits per heavy atom. The minimum atomic E-state index is -0.0652. The number of carbonyl (C=O) groups excluding carboxylic acids is 1. The van der Waals surface area contributed by atoms with Crippen LogP contribution in [-0.4, -0.2) is 15.7 Å². The van der Waals surface area contributed by atoms with Crippen LogP contribution in [0.5, 0.6) is 0 Å². The van der Waals surface area contributed by atoms with E-state index in [9.17, 15) is 4.79 Å². The standard InChI is InChI=1S/C8H13N3O/c1-4-11-8(9-7(3)12)5-6(2)10-11/h5H,4H2,1-3H3,(H,9,12). The van der Waals surface area contributed by atoms with Crippen molar-refractivity contribution in [3.8, 4) is 0 Å². The van der Waals surface area contributed by atoms with Crippen molar-refractivity contribution in [1.29, 1.82) is 0 Å². The topological polar surface area (TPSA) is 46.9 Å². The van der Waals surface area contributed by atoms with E-state index >= 15 is 0 Å². The molecule has 0 aliphatic rings. The molecule has 1 aromatic heterocycles. The average molecular weight is 167 g/mol. The molecule has 0 unspecified atom stereocenters. The van der Waals surface area contributed by atoms with Gasteiger partial charge in [0.15, 0.2) is 0 Å². The molecule has 0 radical (unpaired) electrons. The number of hydrogen-bond acceptors (Lipinski definition) is 2. The molecule has 12 heavy (non-hydrogen) atoms. The first-order valence-electron chi connectivity index (χ1n) is 3.95. The summed E-state index contributed by atoms with van der Waals surface area (Å²) < 4.78 is 1.76. The number of aryl methyl sites for hydroxylation is 2. The van der Waals surface area contributed by atoms with Gasteiger partial charge in [-0.05, 0) is 13.8 Å². The second-order valence-electron chi connectivity index (χ2n) is 2.67. The van der Waals surface area contributed by atoms with E-state index in [1.54, 1.807) is 4.68 Å². The molecular formula is C8H13N3O. The molecule has 4 heteroatoms. The second kappa shape index (κ2) is 3.38. The highest BCUT2D eigenvalue weighted by Gasteiger charge is 2.03. The summed E-state index contributed by atoms with van der Waals surface area (Å²) in [5.74, 6) is 0.701. The van der Waals surface area contributed by atoms with Crippen LogP contribution in [0.15, 0.2) is 6.07 Å². The summed E-state index contributed by atoms with van der Waals surface area (Å²) in [7, 11) is 0. The Morgan fingerprint density at radius 1 is 1.75 bits per heavy atom. The third kappa shape index (κ3) is 1.84. The largest absolute Gasteiger partial charge is 0.311 e. The molecule has 0 aliphatic heterocycles. The van der Waals surface area contributed by atoms with Crippen molar-refractivity contribution in [3.05, 3.63) is 11.8 Å². The van der Waals surface area contributed by atoms with E-state index in [2.05, 4.69) is 10.4 Å². The van der Waals surface area contributed by atoms with Gasteiger partial charge in [-0.3, -0.25) is 4.79 Å². The molecule has 1 heterocycles. The summed E-state index contributed by atoms with van der Waals surface area (Å²) in [5, 5.41) is 6.89. The Morgan fingerprint density at radius 2 is 2.42 bits per heavy atom. The number of nitrogens with zero attached hydrogens (tertiary/aromatic N) is 2. The van der Waals surface area contributed by atoms with E-state index in [0.717, 1.165) is 18.1 Å². The summed E-state index contributed by atoms with van der Waals surface area (Å²) in [6.45, 7) is 6.14. The van der Waals surface area contributed by atoms with Crippen LogP contribution >= 0.6 is 0 Å². The van der Waals surface area contributed by atoms with Crippen molar-refractivity contribution in [2.75, 3.05) is 5.32 Å². The van der Waals surface area contributed by atoms with Gasteiger partial charge in [0.2, 0.25) is 5.91 Å². The fourth-order valence-electron chi connectivity index (χ4n) is 1.07. The van der Waals surface area contributed by atoms with E-state index < -0.39 is 0 Å². The van der Waals surface area contributed by atoms with Crippen LogP contribution in [0.25, 0.3) is 0 Å². The Hall–Kier alpha value is -1.32. The third-order valence-electron chi connectivity index (χ3n) is 1.51. The molecule has 0 atom stereocenters. The Labute approximate surface area is 71.6 Å². The highest BCUT2D eigenvalue weighted by atomic mass is 16.1. The van der Waals surface area contributed by atoms with E-state index in [1.165, 1.54) is 6.92 Å². The molecule has 0 aromatic carbocycles. The molecule has 66 valence electrons. The minimum Gasteiger partial charge on any atom is -0.311 e. The van der Waals surface area contributed by atoms with Gasteiger partial charge in [0, 0.05) is 19.5 Å². The van der Waals surface area contributed by atoms with Crippen LogP contribution in [0.2, 0.25) is 0 Å². The van der Waals surface area contributed by atoms with Crippen LogP contribution in [0.4, 0.5) is 5.82 Å². The van der Waals surface area contributed by atoms with Gasteiger partial charge in [-0.25, -0.2) is 4.68 Å². The molecule has 0 fully saturated rings. The maximum absolute atomic E-state index is 10.7. The van der Waals surface area contributed by atoms with Crippen molar-refractivity contribution in [3.63, 3.8) is 0 Å². The number of anilines is 1. The first kappa shape index (κ1) is 8.77. The van der Waals surface area contributed by atoms with Crippen molar-refractivity contribution in [1.82, 2.24) is 9.78 Å². The first-order chi connectivity index (χ1) is 5.63. The number of nitrogens with one attached hydrogen (secondary N) is 1. The molecule has 4 nitrogen and oxygen atoms in total. The quantitative estimate of drug-likeness (QED) is 0.718. The van der Waals surface area contributed by atoms with Crippen LogP contribution in [-0.2, 0) is 11.3 Å². The van der Waals surface area contributed by atoms with Gasteiger partial charge >= 0.3 is 0 Å². The highest BCUT2D eigenvalue weighted by molar-refractivity contribution is 5.87. The smallest absolute Gasteiger partial charge is 0.222 e. The second-order valence-corrected chi connectivity index (χ2v) is 2.67. The summed E-state index contributed by atoms with van der Waals surface area (Å²) in [6.07, 6.45) is 0. The predicted octanol–water partition coefficient (Wildman–Crippen LogP) is 1.17. The molecule has 1 amide bonds. The van der Waals surface area contributed by atoms with E-state index in [1.807, 2.05) is 19.9 Å². The predicted molar refractivity (Wildman–Crippen MR) is 46.9 cm³/mol. The molecular weight excluding hydrogens is 154 g/mol. The van der Waals surface area contributed by atoms with Crippen molar-refractivity contribution < 1.29 is 4.79 Å². The molecule has 0 bridgehead atoms. The fourth-order valence-corrected chi connectivity index (χ4v) is 1.07. The van der Waals surface area contributed by atoms with Crippen molar-refractivity contribution in [2.45, 2.75) is 27.3 Å².